The van der Waals surface area contributed by atoms with Crippen LogP contribution in [0.5, 0.6) is 0 Å². The molecule has 0 aromatic rings. The standard InChI is InChI=1S/C4H6O4S2.As/c5-3(6)1(9)2(10)4(7)8;/h1-2,9-10H,(H,5,6)(H,7,8);/q;+3/p-2. The molecule has 2 unspecified atom stereocenters. The van der Waals surface area contributed by atoms with Crippen molar-refractivity contribution in [2.75, 3.05) is 0 Å². The third-order valence-electron chi connectivity index (χ3n) is 0.782. The summed E-state index contributed by atoms with van der Waals surface area (Å²) in [6.45, 7) is 0. The molecular formula is C4H4AsO4S2+. The van der Waals surface area contributed by atoms with Crippen molar-refractivity contribution in [1.82, 2.24) is 0 Å². The molecule has 0 heterocycles. The maximum Gasteiger partial charge on any atom is 3.00 e. The molecule has 2 radical (unpaired) electrons. The van der Waals surface area contributed by atoms with Gasteiger partial charge in [-0.3, -0.25) is 0 Å². The molecule has 11 heavy (non-hydrogen) atoms. The van der Waals surface area contributed by atoms with Gasteiger partial charge in [-0.05, 0) is 0 Å². The third-order valence-corrected chi connectivity index (χ3v) is 2.04. The Kier molecular flexibility index (Phi) is 7.26. The number of carbonyl (C=O) groups is 2. The summed E-state index contributed by atoms with van der Waals surface area (Å²) in [5.74, 6) is -3.15. The van der Waals surface area contributed by atoms with Crippen LogP contribution in [-0.4, -0.2) is 40.4 Å². The average Bonchev–Trinajstić information content (AvgIpc) is 1.84. The molecule has 7 heteroatoms. The largest absolute Gasteiger partial charge is 3.00 e. The van der Waals surface area contributed by atoms with Crippen LogP contribution in [0, 0.1) is 0 Å². The Morgan fingerprint density at radius 3 is 1.27 bits per heavy atom. The van der Waals surface area contributed by atoms with Gasteiger partial charge in [0.15, 0.2) is 0 Å². The first-order chi connectivity index (χ1) is 4.46. The van der Waals surface area contributed by atoms with Gasteiger partial charge in [0.1, 0.15) is 0 Å². The van der Waals surface area contributed by atoms with Gasteiger partial charge in [-0.25, -0.2) is 0 Å². The summed E-state index contributed by atoms with van der Waals surface area (Å²) in [6, 6.07) is 0. The van der Waals surface area contributed by atoms with E-state index in [0.29, 0.717) is 0 Å². The smallest absolute Gasteiger partial charge is 0.549 e. The number of hydrogen-bond acceptors (Lipinski definition) is 6. The van der Waals surface area contributed by atoms with Gasteiger partial charge in [0.25, 0.3) is 0 Å². The van der Waals surface area contributed by atoms with Gasteiger partial charge in [0.2, 0.25) is 0 Å². The Labute approximate surface area is 85.5 Å². The molecule has 0 aromatic carbocycles. The molecule has 0 saturated heterocycles. The second-order valence-corrected chi connectivity index (χ2v) is 2.64. The Bertz CT molecular complexity index is 144. The fourth-order valence-electron chi connectivity index (χ4n) is 0.258. The monoisotopic (exact) mass is 255 g/mol. The van der Waals surface area contributed by atoms with Gasteiger partial charge in [-0.1, -0.05) is 0 Å². The molecular weight excluding hydrogens is 251 g/mol. The van der Waals surface area contributed by atoms with Crippen LogP contribution in [0.15, 0.2) is 0 Å². The first kappa shape index (κ1) is 13.8. The fraction of sp³-hybridized carbons (Fsp3) is 0.500. The Hall–Kier alpha value is 0.198. The second kappa shape index (κ2) is 5.80. The number of carbonyl (C=O) groups excluding carboxylic acids is 2. The molecule has 0 saturated carbocycles. The number of carboxylic acids is 2. The molecule has 2 atom stereocenters. The zero-order valence-electron chi connectivity index (χ0n) is 5.13. The van der Waals surface area contributed by atoms with E-state index in [4.69, 9.17) is 0 Å². The molecule has 60 valence electrons. The molecule has 0 N–H and O–H groups in total. The van der Waals surface area contributed by atoms with E-state index in [1.54, 1.807) is 0 Å². The van der Waals surface area contributed by atoms with Crippen molar-refractivity contribution in [3.63, 3.8) is 0 Å². The van der Waals surface area contributed by atoms with Crippen molar-refractivity contribution in [2.24, 2.45) is 0 Å². The minimum Gasteiger partial charge on any atom is -0.549 e. The van der Waals surface area contributed by atoms with Crippen molar-refractivity contribution in [3.8, 4) is 0 Å². The van der Waals surface area contributed by atoms with Gasteiger partial charge in [0, 0.05) is 0 Å². The summed E-state index contributed by atoms with van der Waals surface area (Å²) in [7, 11) is 0. The summed E-state index contributed by atoms with van der Waals surface area (Å²) in [5, 5.41) is 17.0. The average molecular weight is 255 g/mol. The van der Waals surface area contributed by atoms with Crippen molar-refractivity contribution in [2.45, 2.75) is 10.5 Å². The second-order valence-electron chi connectivity index (χ2n) is 1.53. The van der Waals surface area contributed by atoms with Gasteiger partial charge in [0.05, 0.1) is 22.4 Å². The van der Waals surface area contributed by atoms with E-state index in [9.17, 15) is 19.8 Å². The number of hydrogen-bond donors (Lipinski definition) is 2. The molecule has 0 aromatic heterocycles. The van der Waals surface area contributed by atoms with Crippen molar-refractivity contribution < 1.29 is 19.8 Å². The van der Waals surface area contributed by atoms with E-state index in [0.717, 1.165) is 0 Å². The number of aliphatic carboxylic acids is 2. The van der Waals surface area contributed by atoms with E-state index in [2.05, 4.69) is 25.3 Å². The Morgan fingerprint density at radius 1 is 1.00 bits per heavy atom. The van der Waals surface area contributed by atoms with Crippen LogP contribution in [0.2, 0.25) is 0 Å². The Morgan fingerprint density at radius 2 is 1.18 bits per heavy atom. The van der Waals surface area contributed by atoms with Crippen LogP contribution >= 0.6 is 25.3 Å². The van der Waals surface area contributed by atoms with Crippen molar-refractivity contribution in [3.05, 3.63) is 0 Å². The molecule has 0 fully saturated rings. The summed E-state index contributed by atoms with van der Waals surface area (Å²) in [4.78, 5) is 19.8. The molecule has 0 amide bonds. The fourth-order valence-corrected chi connectivity index (χ4v) is 0.501. The Balaban J connectivity index is 0. The van der Waals surface area contributed by atoms with Crippen LogP contribution in [0.1, 0.15) is 0 Å². The van der Waals surface area contributed by atoms with Crippen LogP contribution in [0.3, 0.4) is 0 Å². The zero-order valence-corrected chi connectivity index (χ0v) is 8.79. The van der Waals surface area contributed by atoms with Gasteiger partial charge in [-0.2, -0.15) is 25.3 Å². The predicted octanol–water partition coefficient (Wildman–Crippen LogP) is -3.30. The van der Waals surface area contributed by atoms with E-state index >= 15 is 0 Å². The SMILES string of the molecule is O=C([O-])C(S)C(S)C(=O)[O-].[As+3]. The summed E-state index contributed by atoms with van der Waals surface area (Å²) in [6.07, 6.45) is 0. The van der Waals surface area contributed by atoms with Crippen LogP contribution in [0.4, 0.5) is 0 Å². The molecule has 0 aliphatic rings. The van der Waals surface area contributed by atoms with Crippen LogP contribution < -0.4 is 10.2 Å². The summed E-state index contributed by atoms with van der Waals surface area (Å²) in [5.41, 5.74) is 0. The quantitative estimate of drug-likeness (QED) is 0.409. The zero-order chi connectivity index (χ0) is 8.31. The van der Waals surface area contributed by atoms with Gasteiger partial charge >= 0.3 is 18.0 Å². The van der Waals surface area contributed by atoms with E-state index in [1.165, 1.54) is 0 Å². The van der Waals surface area contributed by atoms with E-state index in [1.807, 2.05) is 0 Å². The van der Waals surface area contributed by atoms with E-state index < -0.39 is 22.4 Å². The summed E-state index contributed by atoms with van der Waals surface area (Å²) < 4.78 is 0. The minimum atomic E-state index is -1.58. The third kappa shape index (κ3) is 4.61. The topological polar surface area (TPSA) is 80.3 Å². The number of carboxylic acid groups (broad SMARTS) is 2. The molecule has 0 aliphatic carbocycles. The maximum atomic E-state index is 9.92. The van der Waals surface area contributed by atoms with E-state index in [-0.39, 0.29) is 18.0 Å². The van der Waals surface area contributed by atoms with Crippen molar-refractivity contribution in [1.29, 1.82) is 0 Å². The maximum absolute atomic E-state index is 9.92. The van der Waals surface area contributed by atoms with Gasteiger partial charge in [-0.15, -0.1) is 0 Å². The van der Waals surface area contributed by atoms with Crippen LogP contribution in [0.25, 0.3) is 0 Å². The minimum absolute atomic E-state index is 0. The number of rotatable bonds is 3. The molecule has 0 bridgehead atoms. The first-order valence-electron chi connectivity index (χ1n) is 2.24. The molecule has 0 spiro atoms. The molecule has 0 rings (SSSR count). The molecule has 4 nitrogen and oxygen atoms in total. The first-order valence-corrected chi connectivity index (χ1v) is 3.28. The van der Waals surface area contributed by atoms with Crippen molar-refractivity contribution >= 4 is 55.1 Å². The van der Waals surface area contributed by atoms with Crippen LogP contribution in [-0.2, 0) is 9.59 Å². The predicted molar refractivity (Wildman–Crippen MR) is 41.3 cm³/mol. The normalized spacial score (nSPS) is 14.4. The number of thiol groups is 2. The summed E-state index contributed by atoms with van der Waals surface area (Å²) >= 11 is 6.80. The molecule has 0 aliphatic heterocycles. The van der Waals surface area contributed by atoms with Gasteiger partial charge < -0.3 is 19.8 Å².